The van der Waals surface area contributed by atoms with Crippen LogP contribution in [0.25, 0.3) is 0 Å². The number of amides is 1. The van der Waals surface area contributed by atoms with Gasteiger partial charge in [0.1, 0.15) is 22.8 Å². The van der Waals surface area contributed by atoms with Crippen molar-refractivity contribution in [1.82, 2.24) is 15.2 Å². The summed E-state index contributed by atoms with van der Waals surface area (Å²) in [6.07, 6.45) is 2.99. The van der Waals surface area contributed by atoms with E-state index in [0.717, 1.165) is 37.3 Å². The zero-order chi connectivity index (χ0) is 15.0. The van der Waals surface area contributed by atoms with Crippen LogP contribution in [0.3, 0.4) is 0 Å². The lowest BCUT2D eigenvalue weighted by molar-refractivity contribution is 0.0599. The lowest BCUT2D eigenvalue weighted by Crippen LogP contribution is -2.39. The van der Waals surface area contributed by atoms with Gasteiger partial charge in [-0.3, -0.25) is 4.79 Å². The van der Waals surface area contributed by atoms with Gasteiger partial charge >= 0.3 is 0 Å². The summed E-state index contributed by atoms with van der Waals surface area (Å²) in [4.78, 5) is 14.7. The fraction of sp³-hybridized carbons (Fsp3) is 0.533. The van der Waals surface area contributed by atoms with E-state index in [-0.39, 0.29) is 11.9 Å². The minimum atomic E-state index is -0.0309. The molecule has 112 valence electrons. The molecule has 2 aromatic rings. The highest BCUT2D eigenvalue weighted by Crippen LogP contribution is 2.32. The second-order valence-electron chi connectivity index (χ2n) is 5.57. The van der Waals surface area contributed by atoms with Gasteiger partial charge in [-0.15, -0.1) is 0 Å². The number of likely N-dealkylation sites (tertiary alicyclic amines) is 1. The maximum absolute atomic E-state index is 12.9. The number of rotatable bonds is 2. The summed E-state index contributed by atoms with van der Waals surface area (Å²) in [5.74, 6) is 1.30. The van der Waals surface area contributed by atoms with Crippen LogP contribution >= 0.6 is 0 Å². The molecule has 0 spiro atoms. The number of aromatic nitrogens is 2. The van der Waals surface area contributed by atoms with Crippen molar-refractivity contribution in [2.24, 2.45) is 0 Å². The second kappa shape index (κ2) is 5.35. The largest absolute Gasteiger partial charge is 0.361 e. The monoisotopic (exact) mass is 289 g/mol. The van der Waals surface area contributed by atoms with E-state index in [1.165, 1.54) is 0 Å². The SMILES string of the molecule is Cc1cc([C@@H]2CCCCN2C(=O)c2c(C)noc2C)no1. The first-order valence-electron chi connectivity index (χ1n) is 7.25. The predicted molar refractivity (Wildman–Crippen MR) is 74.8 cm³/mol. The van der Waals surface area contributed by atoms with E-state index in [9.17, 15) is 4.79 Å². The number of aryl methyl sites for hydroxylation is 3. The van der Waals surface area contributed by atoms with E-state index in [1.54, 1.807) is 13.8 Å². The molecule has 21 heavy (non-hydrogen) atoms. The van der Waals surface area contributed by atoms with Crippen molar-refractivity contribution in [2.75, 3.05) is 6.54 Å². The van der Waals surface area contributed by atoms with Gasteiger partial charge in [-0.25, -0.2) is 0 Å². The summed E-state index contributed by atoms with van der Waals surface area (Å²) in [5, 5.41) is 7.97. The van der Waals surface area contributed by atoms with Gasteiger partial charge < -0.3 is 13.9 Å². The Morgan fingerprint density at radius 1 is 1.24 bits per heavy atom. The van der Waals surface area contributed by atoms with Crippen molar-refractivity contribution in [3.05, 3.63) is 34.5 Å². The first kappa shape index (κ1) is 13.9. The normalized spacial score (nSPS) is 19.0. The molecule has 0 radical (unpaired) electrons. The van der Waals surface area contributed by atoms with E-state index < -0.39 is 0 Å². The summed E-state index contributed by atoms with van der Waals surface area (Å²) >= 11 is 0. The molecule has 0 aromatic carbocycles. The van der Waals surface area contributed by atoms with Crippen molar-refractivity contribution in [3.63, 3.8) is 0 Å². The number of hydrogen-bond donors (Lipinski definition) is 0. The number of piperidine rings is 1. The molecule has 6 heteroatoms. The van der Waals surface area contributed by atoms with E-state index >= 15 is 0 Å². The number of carbonyl (C=O) groups is 1. The van der Waals surface area contributed by atoms with Crippen LogP contribution in [0, 0.1) is 20.8 Å². The van der Waals surface area contributed by atoms with Crippen LogP contribution < -0.4 is 0 Å². The zero-order valence-electron chi connectivity index (χ0n) is 12.5. The molecule has 1 fully saturated rings. The molecular weight excluding hydrogens is 270 g/mol. The van der Waals surface area contributed by atoms with Crippen molar-refractivity contribution in [3.8, 4) is 0 Å². The Balaban J connectivity index is 1.93. The Kier molecular flexibility index (Phi) is 3.53. The molecule has 0 saturated carbocycles. The molecule has 1 atom stereocenters. The summed E-state index contributed by atoms with van der Waals surface area (Å²) in [6.45, 7) is 6.15. The lowest BCUT2D eigenvalue weighted by Gasteiger charge is -2.34. The zero-order valence-corrected chi connectivity index (χ0v) is 12.5. The Morgan fingerprint density at radius 2 is 2.05 bits per heavy atom. The Morgan fingerprint density at radius 3 is 2.67 bits per heavy atom. The maximum Gasteiger partial charge on any atom is 0.259 e. The third-order valence-electron chi connectivity index (χ3n) is 4.00. The summed E-state index contributed by atoms with van der Waals surface area (Å²) < 4.78 is 10.3. The minimum absolute atomic E-state index is 0.0302. The van der Waals surface area contributed by atoms with E-state index in [4.69, 9.17) is 9.05 Å². The topological polar surface area (TPSA) is 72.4 Å². The third-order valence-corrected chi connectivity index (χ3v) is 4.00. The van der Waals surface area contributed by atoms with Crippen LogP contribution in [-0.4, -0.2) is 27.7 Å². The highest BCUT2D eigenvalue weighted by atomic mass is 16.5. The molecule has 0 N–H and O–H groups in total. The van der Waals surface area contributed by atoms with Crippen LogP contribution in [0.4, 0.5) is 0 Å². The average molecular weight is 289 g/mol. The average Bonchev–Trinajstić information content (AvgIpc) is 3.05. The highest BCUT2D eigenvalue weighted by Gasteiger charge is 2.33. The van der Waals surface area contributed by atoms with Crippen molar-refractivity contribution >= 4 is 5.91 Å². The van der Waals surface area contributed by atoms with Crippen molar-refractivity contribution in [2.45, 2.75) is 46.1 Å². The molecule has 1 saturated heterocycles. The van der Waals surface area contributed by atoms with Crippen molar-refractivity contribution in [1.29, 1.82) is 0 Å². The predicted octanol–water partition coefficient (Wildman–Crippen LogP) is 2.96. The quantitative estimate of drug-likeness (QED) is 0.850. The molecular formula is C15H19N3O3. The first-order valence-corrected chi connectivity index (χ1v) is 7.25. The van der Waals surface area contributed by atoms with Gasteiger partial charge in [0.2, 0.25) is 0 Å². The fourth-order valence-corrected chi connectivity index (χ4v) is 2.96. The molecule has 0 unspecified atom stereocenters. The van der Waals surface area contributed by atoms with Gasteiger partial charge in [-0.05, 0) is 40.0 Å². The smallest absolute Gasteiger partial charge is 0.259 e. The van der Waals surface area contributed by atoms with E-state index in [1.807, 2.05) is 17.9 Å². The Labute approximate surface area is 123 Å². The van der Waals surface area contributed by atoms with Crippen LogP contribution in [0.15, 0.2) is 15.1 Å². The molecule has 1 aliphatic rings. The van der Waals surface area contributed by atoms with Crippen LogP contribution in [-0.2, 0) is 0 Å². The fourth-order valence-electron chi connectivity index (χ4n) is 2.96. The number of nitrogens with zero attached hydrogens (tertiary/aromatic N) is 3. The molecule has 2 aromatic heterocycles. The molecule has 1 amide bonds. The third kappa shape index (κ3) is 2.46. The van der Waals surface area contributed by atoms with Gasteiger partial charge in [-0.2, -0.15) is 0 Å². The van der Waals surface area contributed by atoms with E-state index in [0.29, 0.717) is 17.0 Å². The Hall–Kier alpha value is -2.11. The van der Waals surface area contributed by atoms with Gasteiger partial charge in [0.15, 0.2) is 0 Å². The molecule has 0 bridgehead atoms. The van der Waals surface area contributed by atoms with Crippen LogP contribution in [0.1, 0.15) is 58.6 Å². The van der Waals surface area contributed by atoms with Crippen LogP contribution in [0.2, 0.25) is 0 Å². The maximum atomic E-state index is 12.9. The molecule has 1 aliphatic heterocycles. The first-order chi connectivity index (χ1) is 10.1. The van der Waals surface area contributed by atoms with Crippen molar-refractivity contribution < 1.29 is 13.8 Å². The number of carbonyl (C=O) groups excluding carboxylic acids is 1. The van der Waals surface area contributed by atoms with Gasteiger partial charge in [-0.1, -0.05) is 10.3 Å². The van der Waals surface area contributed by atoms with Gasteiger partial charge in [0.25, 0.3) is 5.91 Å². The van der Waals surface area contributed by atoms with Gasteiger partial charge in [0, 0.05) is 12.6 Å². The summed E-state index contributed by atoms with van der Waals surface area (Å²) in [6, 6.07) is 1.88. The standard InChI is InChI=1S/C15H19N3O3/c1-9-8-12(17-20-9)13-6-4-5-7-18(13)15(19)14-10(2)16-21-11(14)3/h8,13H,4-7H2,1-3H3/t13-/m0/s1. The molecule has 6 nitrogen and oxygen atoms in total. The van der Waals surface area contributed by atoms with Gasteiger partial charge in [0.05, 0.1) is 11.7 Å². The summed E-state index contributed by atoms with van der Waals surface area (Å²) in [7, 11) is 0. The second-order valence-corrected chi connectivity index (χ2v) is 5.57. The lowest BCUT2D eigenvalue weighted by atomic mass is 9.97. The minimum Gasteiger partial charge on any atom is -0.361 e. The Bertz CT molecular complexity index is 639. The van der Waals surface area contributed by atoms with Crippen LogP contribution in [0.5, 0.6) is 0 Å². The number of hydrogen-bond acceptors (Lipinski definition) is 5. The molecule has 3 rings (SSSR count). The molecule has 3 heterocycles. The highest BCUT2D eigenvalue weighted by molar-refractivity contribution is 5.96. The molecule has 0 aliphatic carbocycles. The van der Waals surface area contributed by atoms with E-state index in [2.05, 4.69) is 10.3 Å². The summed E-state index contributed by atoms with van der Waals surface area (Å²) in [5.41, 5.74) is 2.03.